The summed E-state index contributed by atoms with van der Waals surface area (Å²) in [6.45, 7) is 4.10. The number of oxazole rings is 1. The highest BCUT2D eigenvalue weighted by atomic mass is 35.5. The molecule has 0 aromatic carbocycles. The van der Waals surface area contributed by atoms with Crippen molar-refractivity contribution in [2.24, 2.45) is 0 Å². The summed E-state index contributed by atoms with van der Waals surface area (Å²) in [5, 5.41) is 3.72. The van der Waals surface area contributed by atoms with E-state index in [0.717, 1.165) is 11.3 Å². The lowest BCUT2D eigenvalue weighted by Gasteiger charge is -2.12. The highest BCUT2D eigenvalue weighted by molar-refractivity contribution is 6.29. The van der Waals surface area contributed by atoms with Crippen molar-refractivity contribution in [3.05, 3.63) is 29.9 Å². The van der Waals surface area contributed by atoms with Gasteiger partial charge in [0.15, 0.2) is 0 Å². The van der Waals surface area contributed by atoms with Crippen LogP contribution < -0.4 is 5.32 Å². The summed E-state index contributed by atoms with van der Waals surface area (Å²) in [4.78, 5) is 8.12. The molecule has 0 aliphatic rings. The zero-order valence-electron chi connectivity index (χ0n) is 9.07. The van der Waals surface area contributed by atoms with Crippen LogP contribution in [0.1, 0.15) is 13.8 Å². The Labute approximate surface area is 98.7 Å². The third kappa shape index (κ3) is 2.33. The first-order valence-electron chi connectivity index (χ1n) is 4.99. The summed E-state index contributed by atoms with van der Waals surface area (Å²) in [7, 11) is 0. The molecule has 0 aliphatic heterocycles. The summed E-state index contributed by atoms with van der Waals surface area (Å²) in [5.74, 6) is 0.535. The minimum absolute atomic E-state index is 0.298. The molecule has 16 heavy (non-hydrogen) atoms. The van der Waals surface area contributed by atoms with E-state index in [2.05, 4.69) is 15.3 Å². The molecule has 0 bridgehead atoms. The van der Waals surface area contributed by atoms with Gasteiger partial charge in [0.05, 0.1) is 17.4 Å². The molecule has 5 heteroatoms. The standard InChI is InChI=1S/C11H12ClN3O/c1-7(2)15-9-5-10(12)14-6-8(9)11-13-3-4-16-11/h3-7H,1-2H3,(H,14,15). The molecule has 0 fully saturated rings. The van der Waals surface area contributed by atoms with Crippen molar-refractivity contribution in [2.45, 2.75) is 19.9 Å². The van der Waals surface area contributed by atoms with Crippen LogP contribution in [0.2, 0.25) is 5.15 Å². The molecule has 4 nitrogen and oxygen atoms in total. The molecule has 1 N–H and O–H groups in total. The van der Waals surface area contributed by atoms with E-state index in [1.807, 2.05) is 13.8 Å². The Balaban J connectivity index is 2.44. The van der Waals surface area contributed by atoms with Crippen LogP contribution in [0.3, 0.4) is 0 Å². The molecule has 2 rings (SSSR count). The van der Waals surface area contributed by atoms with Crippen molar-refractivity contribution < 1.29 is 4.42 Å². The van der Waals surface area contributed by atoms with Gasteiger partial charge in [0, 0.05) is 12.2 Å². The van der Waals surface area contributed by atoms with Crippen molar-refractivity contribution in [1.82, 2.24) is 9.97 Å². The number of nitrogens with one attached hydrogen (secondary N) is 1. The fraction of sp³-hybridized carbons (Fsp3) is 0.273. The van der Waals surface area contributed by atoms with Crippen molar-refractivity contribution in [1.29, 1.82) is 0 Å². The van der Waals surface area contributed by atoms with Gasteiger partial charge in [-0.05, 0) is 19.9 Å². The van der Waals surface area contributed by atoms with E-state index in [9.17, 15) is 0 Å². The van der Waals surface area contributed by atoms with Crippen LogP contribution in [0.15, 0.2) is 29.1 Å². The summed E-state index contributed by atoms with van der Waals surface area (Å²) in [5.41, 5.74) is 1.68. The zero-order valence-corrected chi connectivity index (χ0v) is 9.82. The number of aromatic nitrogens is 2. The maximum atomic E-state index is 5.86. The number of rotatable bonds is 3. The molecule has 84 valence electrons. The Kier molecular flexibility index (Phi) is 3.10. The maximum absolute atomic E-state index is 5.86. The largest absolute Gasteiger partial charge is 0.444 e. The molecule has 0 radical (unpaired) electrons. The molecule has 0 saturated carbocycles. The molecule has 2 heterocycles. The van der Waals surface area contributed by atoms with E-state index in [0.29, 0.717) is 17.1 Å². The Morgan fingerprint density at radius 1 is 1.38 bits per heavy atom. The first kappa shape index (κ1) is 11.0. The van der Waals surface area contributed by atoms with Crippen molar-refractivity contribution in [2.75, 3.05) is 5.32 Å². The van der Waals surface area contributed by atoms with Crippen LogP contribution >= 0.6 is 11.6 Å². The van der Waals surface area contributed by atoms with Gasteiger partial charge in [-0.25, -0.2) is 9.97 Å². The average Bonchev–Trinajstić information content (AvgIpc) is 2.69. The third-order valence-electron chi connectivity index (χ3n) is 1.98. The third-order valence-corrected chi connectivity index (χ3v) is 2.18. The fourth-order valence-corrected chi connectivity index (χ4v) is 1.55. The van der Waals surface area contributed by atoms with Crippen molar-refractivity contribution in [3.63, 3.8) is 0 Å². The van der Waals surface area contributed by atoms with Gasteiger partial charge in [0.1, 0.15) is 11.4 Å². The zero-order chi connectivity index (χ0) is 11.5. The van der Waals surface area contributed by atoms with Crippen molar-refractivity contribution in [3.8, 4) is 11.5 Å². The normalized spacial score (nSPS) is 10.8. The lowest BCUT2D eigenvalue weighted by molar-refractivity contribution is 0.574. The lowest BCUT2D eigenvalue weighted by Crippen LogP contribution is -2.10. The fourth-order valence-electron chi connectivity index (χ4n) is 1.39. The lowest BCUT2D eigenvalue weighted by atomic mass is 10.2. The molecule has 2 aromatic rings. The maximum Gasteiger partial charge on any atom is 0.229 e. The predicted molar refractivity (Wildman–Crippen MR) is 63.5 cm³/mol. The van der Waals surface area contributed by atoms with E-state index in [-0.39, 0.29) is 0 Å². The van der Waals surface area contributed by atoms with Crippen LogP contribution in [0.25, 0.3) is 11.5 Å². The minimum atomic E-state index is 0.298. The van der Waals surface area contributed by atoms with E-state index in [1.54, 1.807) is 18.5 Å². The minimum Gasteiger partial charge on any atom is -0.444 e. The van der Waals surface area contributed by atoms with Gasteiger partial charge in [0.2, 0.25) is 5.89 Å². The summed E-state index contributed by atoms with van der Waals surface area (Å²) in [6, 6.07) is 2.06. The summed E-state index contributed by atoms with van der Waals surface area (Å²) in [6.07, 6.45) is 4.78. The monoisotopic (exact) mass is 237 g/mol. The average molecular weight is 238 g/mol. The van der Waals surface area contributed by atoms with E-state index in [1.165, 1.54) is 6.26 Å². The molecule has 0 atom stereocenters. The number of pyridine rings is 1. The molecule has 0 amide bonds. The molecular formula is C11H12ClN3O. The number of hydrogen-bond acceptors (Lipinski definition) is 4. The van der Waals surface area contributed by atoms with E-state index < -0.39 is 0 Å². The highest BCUT2D eigenvalue weighted by Gasteiger charge is 2.11. The van der Waals surface area contributed by atoms with Gasteiger partial charge in [-0.3, -0.25) is 0 Å². The quantitative estimate of drug-likeness (QED) is 0.833. The Bertz CT molecular complexity index is 468. The first-order chi connectivity index (χ1) is 7.66. The molecule has 0 spiro atoms. The molecule has 2 aromatic heterocycles. The van der Waals surface area contributed by atoms with Gasteiger partial charge in [-0.2, -0.15) is 0 Å². The van der Waals surface area contributed by atoms with Crippen LogP contribution in [-0.4, -0.2) is 16.0 Å². The Morgan fingerprint density at radius 2 is 2.19 bits per heavy atom. The second kappa shape index (κ2) is 4.53. The van der Waals surface area contributed by atoms with Crippen molar-refractivity contribution >= 4 is 17.3 Å². The van der Waals surface area contributed by atoms with Crippen LogP contribution in [-0.2, 0) is 0 Å². The predicted octanol–water partition coefficient (Wildman–Crippen LogP) is 3.21. The van der Waals surface area contributed by atoms with E-state index >= 15 is 0 Å². The van der Waals surface area contributed by atoms with Crippen LogP contribution in [0.4, 0.5) is 5.69 Å². The first-order valence-corrected chi connectivity index (χ1v) is 5.36. The van der Waals surface area contributed by atoms with Gasteiger partial charge < -0.3 is 9.73 Å². The second-order valence-electron chi connectivity index (χ2n) is 3.69. The second-order valence-corrected chi connectivity index (χ2v) is 4.08. The van der Waals surface area contributed by atoms with Crippen LogP contribution in [0, 0.1) is 0 Å². The number of hydrogen-bond donors (Lipinski definition) is 1. The molecule has 0 saturated heterocycles. The Morgan fingerprint density at radius 3 is 2.81 bits per heavy atom. The summed E-state index contributed by atoms with van der Waals surface area (Å²) >= 11 is 5.86. The number of halogens is 1. The number of anilines is 1. The van der Waals surface area contributed by atoms with Crippen LogP contribution in [0.5, 0.6) is 0 Å². The summed E-state index contributed by atoms with van der Waals surface area (Å²) < 4.78 is 5.25. The Hall–Kier alpha value is -1.55. The SMILES string of the molecule is CC(C)Nc1cc(Cl)ncc1-c1ncco1. The van der Waals surface area contributed by atoms with Gasteiger partial charge in [-0.1, -0.05) is 11.6 Å². The van der Waals surface area contributed by atoms with E-state index in [4.69, 9.17) is 16.0 Å². The van der Waals surface area contributed by atoms with Gasteiger partial charge >= 0.3 is 0 Å². The van der Waals surface area contributed by atoms with Gasteiger partial charge in [0.25, 0.3) is 0 Å². The molecule has 0 unspecified atom stereocenters. The number of nitrogens with zero attached hydrogens (tertiary/aromatic N) is 2. The van der Waals surface area contributed by atoms with Gasteiger partial charge in [-0.15, -0.1) is 0 Å². The molecule has 0 aliphatic carbocycles. The molecular weight excluding hydrogens is 226 g/mol. The topological polar surface area (TPSA) is 51.0 Å². The highest BCUT2D eigenvalue weighted by Crippen LogP contribution is 2.28. The smallest absolute Gasteiger partial charge is 0.229 e.